The van der Waals surface area contributed by atoms with Gasteiger partial charge in [-0.25, -0.2) is 0 Å². The van der Waals surface area contributed by atoms with Crippen molar-refractivity contribution in [3.05, 3.63) is 53.4 Å². The Labute approximate surface area is 116 Å². The molecule has 0 fully saturated rings. The van der Waals surface area contributed by atoms with Crippen molar-refractivity contribution in [2.75, 3.05) is 6.54 Å². The van der Waals surface area contributed by atoms with Crippen molar-refractivity contribution < 1.29 is 9.90 Å². The summed E-state index contributed by atoms with van der Waals surface area (Å²) in [5.74, 6) is -0.123. The molecule has 0 aromatic heterocycles. The minimum absolute atomic E-state index is 0.106. The van der Waals surface area contributed by atoms with Gasteiger partial charge in [0.25, 0.3) is 0 Å². The van der Waals surface area contributed by atoms with Crippen LogP contribution in [0.4, 0.5) is 0 Å². The van der Waals surface area contributed by atoms with E-state index in [1.807, 2.05) is 6.92 Å². The molecule has 20 heavy (non-hydrogen) atoms. The minimum atomic E-state index is -0.228. The number of nitrogens with zero attached hydrogens (tertiary/aromatic N) is 1. The summed E-state index contributed by atoms with van der Waals surface area (Å²) < 4.78 is 0. The molecule has 5 nitrogen and oxygen atoms in total. The van der Waals surface area contributed by atoms with E-state index in [-0.39, 0.29) is 17.2 Å². The van der Waals surface area contributed by atoms with Crippen molar-refractivity contribution in [3.63, 3.8) is 0 Å². The average molecular weight is 269 g/mol. The van der Waals surface area contributed by atoms with Gasteiger partial charge in [0, 0.05) is 30.1 Å². The van der Waals surface area contributed by atoms with E-state index in [9.17, 15) is 9.90 Å². The third-order valence-electron chi connectivity index (χ3n) is 2.80. The maximum atomic E-state index is 12.5. The van der Waals surface area contributed by atoms with Crippen LogP contribution in [-0.2, 0) is 0 Å². The van der Waals surface area contributed by atoms with E-state index >= 15 is 0 Å². The first-order valence-electron chi connectivity index (χ1n) is 6.24. The van der Waals surface area contributed by atoms with Crippen LogP contribution in [0, 0.1) is 5.41 Å². The van der Waals surface area contributed by atoms with Crippen LogP contribution in [0.15, 0.2) is 52.8 Å². The quantitative estimate of drug-likeness (QED) is 0.577. The lowest BCUT2D eigenvalue weighted by molar-refractivity contribution is 0.102. The summed E-state index contributed by atoms with van der Waals surface area (Å²) in [6, 6.07) is 6.02. The number of aliphatic imine (C=N–C) groups is 1. The molecular formula is C15H15N3O2. The number of benzene rings is 1. The number of rotatable bonds is 4. The lowest BCUT2D eigenvalue weighted by atomic mass is 10.0. The third kappa shape index (κ3) is 2.83. The van der Waals surface area contributed by atoms with E-state index in [2.05, 4.69) is 10.3 Å². The highest BCUT2D eigenvalue weighted by Gasteiger charge is 2.18. The van der Waals surface area contributed by atoms with Gasteiger partial charge < -0.3 is 15.8 Å². The second-order valence-corrected chi connectivity index (χ2v) is 4.20. The number of aromatic hydroxyl groups is 1. The number of allylic oxidation sites excluding steroid dienone is 3. The van der Waals surface area contributed by atoms with Crippen LogP contribution in [0.25, 0.3) is 0 Å². The second kappa shape index (κ2) is 5.97. The molecule has 1 aromatic carbocycles. The van der Waals surface area contributed by atoms with Crippen LogP contribution >= 0.6 is 0 Å². The molecule has 0 aliphatic carbocycles. The number of phenolic OH excluding ortho intramolecular Hbond substituents is 1. The van der Waals surface area contributed by atoms with Gasteiger partial charge in [0.1, 0.15) is 5.75 Å². The molecule has 1 aliphatic heterocycles. The monoisotopic (exact) mass is 269 g/mol. The first-order valence-corrected chi connectivity index (χ1v) is 6.24. The molecule has 1 heterocycles. The number of carbonyl (C=O) groups is 1. The van der Waals surface area contributed by atoms with E-state index in [0.717, 1.165) is 0 Å². The van der Waals surface area contributed by atoms with Gasteiger partial charge in [-0.3, -0.25) is 9.79 Å². The Morgan fingerprint density at radius 1 is 1.35 bits per heavy atom. The number of ketones is 1. The van der Waals surface area contributed by atoms with Crippen LogP contribution in [0.1, 0.15) is 17.3 Å². The SMILES string of the molecule is CCN/C(C(=O)c1ccc(O)cc1)=C1/C=NC=CC1=N. The molecule has 0 atom stereocenters. The van der Waals surface area contributed by atoms with E-state index in [4.69, 9.17) is 5.41 Å². The van der Waals surface area contributed by atoms with Crippen LogP contribution in [0.5, 0.6) is 5.75 Å². The van der Waals surface area contributed by atoms with Gasteiger partial charge in [-0.05, 0) is 37.3 Å². The predicted molar refractivity (Wildman–Crippen MR) is 78.5 cm³/mol. The summed E-state index contributed by atoms with van der Waals surface area (Å²) >= 11 is 0. The molecule has 0 radical (unpaired) electrons. The van der Waals surface area contributed by atoms with Crippen molar-refractivity contribution in [1.29, 1.82) is 5.41 Å². The highest BCUT2D eigenvalue weighted by atomic mass is 16.3. The van der Waals surface area contributed by atoms with Gasteiger partial charge in [-0.1, -0.05) is 0 Å². The summed E-state index contributed by atoms with van der Waals surface area (Å²) in [5, 5.41) is 20.1. The normalized spacial score (nSPS) is 16.1. The summed E-state index contributed by atoms with van der Waals surface area (Å²) in [6.07, 6.45) is 4.55. The molecule has 0 saturated heterocycles. The fourth-order valence-electron chi connectivity index (χ4n) is 1.83. The highest BCUT2D eigenvalue weighted by molar-refractivity contribution is 6.27. The minimum Gasteiger partial charge on any atom is -0.508 e. The number of hydrogen-bond acceptors (Lipinski definition) is 5. The predicted octanol–water partition coefficient (Wildman–Crippen LogP) is 2.06. The topological polar surface area (TPSA) is 85.5 Å². The standard InChI is InChI=1S/C15H15N3O2/c1-2-18-14(12-9-17-8-7-13(12)16)15(20)10-3-5-11(19)6-4-10/h3-9,16,18-19H,2H2,1H3/b14-12-,16-13?. The first kappa shape index (κ1) is 13.7. The lowest BCUT2D eigenvalue weighted by Gasteiger charge is -2.14. The largest absolute Gasteiger partial charge is 0.508 e. The van der Waals surface area contributed by atoms with Gasteiger partial charge in [0.2, 0.25) is 5.78 Å². The summed E-state index contributed by atoms with van der Waals surface area (Å²) in [6.45, 7) is 2.44. The Hall–Kier alpha value is -2.69. The number of hydrogen-bond donors (Lipinski definition) is 3. The Balaban J connectivity index is 2.43. The van der Waals surface area contributed by atoms with E-state index in [1.165, 1.54) is 30.6 Å². The first-order chi connectivity index (χ1) is 9.63. The Morgan fingerprint density at radius 2 is 2.05 bits per heavy atom. The van der Waals surface area contributed by atoms with Gasteiger partial charge in [-0.2, -0.15) is 0 Å². The smallest absolute Gasteiger partial charge is 0.209 e. The fraction of sp³-hybridized carbons (Fsp3) is 0.133. The molecule has 102 valence electrons. The van der Waals surface area contributed by atoms with Gasteiger partial charge in [0.15, 0.2) is 0 Å². The number of carbonyl (C=O) groups excluding carboxylic acids is 1. The Bertz CT molecular complexity index is 625. The van der Waals surface area contributed by atoms with Crippen LogP contribution in [0.2, 0.25) is 0 Å². The van der Waals surface area contributed by atoms with Crippen LogP contribution < -0.4 is 5.32 Å². The third-order valence-corrected chi connectivity index (χ3v) is 2.80. The van der Waals surface area contributed by atoms with Gasteiger partial charge in [0.05, 0.1) is 11.4 Å². The molecule has 0 bridgehead atoms. The van der Waals surface area contributed by atoms with Gasteiger partial charge >= 0.3 is 0 Å². The average Bonchev–Trinajstić information content (AvgIpc) is 2.46. The maximum Gasteiger partial charge on any atom is 0.209 e. The van der Waals surface area contributed by atoms with Crippen LogP contribution in [0.3, 0.4) is 0 Å². The Morgan fingerprint density at radius 3 is 2.65 bits per heavy atom. The molecular weight excluding hydrogens is 254 g/mol. The zero-order valence-corrected chi connectivity index (χ0v) is 11.1. The number of phenols is 1. The Kier molecular flexibility index (Phi) is 4.10. The van der Waals surface area contributed by atoms with E-state index in [0.29, 0.717) is 23.4 Å². The molecule has 2 rings (SSSR count). The number of likely N-dealkylation sites (N-methyl/N-ethyl adjacent to an activating group) is 1. The zero-order chi connectivity index (χ0) is 14.5. The molecule has 1 aliphatic rings. The molecule has 0 saturated carbocycles. The molecule has 0 amide bonds. The lowest BCUT2D eigenvalue weighted by Crippen LogP contribution is -2.25. The summed E-state index contributed by atoms with van der Waals surface area (Å²) in [4.78, 5) is 16.5. The van der Waals surface area contributed by atoms with Crippen molar-refractivity contribution >= 4 is 17.7 Å². The fourth-order valence-corrected chi connectivity index (χ4v) is 1.83. The van der Waals surface area contributed by atoms with Crippen molar-refractivity contribution in [1.82, 2.24) is 5.32 Å². The van der Waals surface area contributed by atoms with Gasteiger partial charge in [-0.15, -0.1) is 0 Å². The number of Topliss-reactive ketones (excluding diaryl/α,β-unsaturated/α-hetero) is 1. The van der Waals surface area contributed by atoms with E-state index in [1.54, 1.807) is 12.1 Å². The molecule has 0 spiro atoms. The van der Waals surface area contributed by atoms with E-state index < -0.39 is 0 Å². The molecule has 1 aromatic rings. The molecule has 3 N–H and O–H groups in total. The van der Waals surface area contributed by atoms with Crippen molar-refractivity contribution in [2.24, 2.45) is 4.99 Å². The highest BCUT2D eigenvalue weighted by Crippen LogP contribution is 2.16. The summed E-state index contributed by atoms with van der Waals surface area (Å²) in [5.41, 5.74) is 1.49. The molecule has 0 unspecified atom stereocenters. The maximum absolute atomic E-state index is 12.5. The van der Waals surface area contributed by atoms with Crippen molar-refractivity contribution in [3.8, 4) is 5.75 Å². The van der Waals surface area contributed by atoms with Crippen molar-refractivity contribution in [2.45, 2.75) is 6.92 Å². The summed E-state index contributed by atoms with van der Waals surface area (Å²) in [7, 11) is 0. The second-order valence-electron chi connectivity index (χ2n) is 4.20. The molecule has 5 heteroatoms. The van der Waals surface area contributed by atoms with Crippen LogP contribution in [-0.4, -0.2) is 29.4 Å². The zero-order valence-electron chi connectivity index (χ0n) is 11.1. The number of nitrogens with one attached hydrogen (secondary N) is 2.